The van der Waals surface area contributed by atoms with E-state index in [9.17, 15) is 15.3 Å². The normalized spacial score (nSPS) is 46.8. The number of aliphatic hydroxyl groups excluding tert-OH is 3. The minimum Gasteiger partial charge on any atom is -0.391 e. The Kier molecular flexibility index (Phi) is 3.30. The van der Waals surface area contributed by atoms with Gasteiger partial charge in [0.1, 0.15) is 0 Å². The predicted molar refractivity (Wildman–Crippen MR) is 56.4 cm³/mol. The van der Waals surface area contributed by atoms with E-state index in [0.717, 1.165) is 25.8 Å². The quantitative estimate of drug-likeness (QED) is 0.585. The zero-order chi connectivity index (χ0) is 11.0. The lowest BCUT2D eigenvalue weighted by atomic mass is 9.87. The molecule has 0 radical (unpaired) electrons. The van der Waals surface area contributed by atoms with Crippen LogP contribution >= 0.6 is 0 Å². The van der Waals surface area contributed by atoms with E-state index >= 15 is 0 Å². The molecule has 0 aromatic carbocycles. The monoisotopic (exact) mass is 215 g/mol. The molecule has 2 fully saturated rings. The third-order valence-electron chi connectivity index (χ3n) is 3.75. The molecule has 0 aromatic rings. The number of nitrogens with zero attached hydrogens (tertiary/aromatic N) is 1. The Morgan fingerprint density at radius 2 is 1.87 bits per heavy atom. The Morgan fingerprint density at radius 1 is 1.13 bits per heavy atom. The van der Waals surface area contributed by atoms with Gasteiger partial charge in [0.05, 0.1) is 24.4 Å². The minimum atomic E-state index is -0.775. The summed E-state index contributed by atoms with van der Waals surface area (Å²) >= 11 is 0. The molecule has 15 heavy (non-hydrogen) atoms. The largest absolute Gasteiger partial charge is 0.391 e. The summed E-state index contributed by atoms with van der Waals surface area (Å²) in [7, 11) is 0. The van der Waals surface area contributed by atoms with Gasteiger partial charge in [0.15, 0.2) is 0 Å². The molecule has 2 aliphatic rings. The van der Waals surface area contributed by atoms with E-state index in [2.05, 4.69) is 6.92 Å². The number of hydrogen-bond donors (Lipinski definition) is 3. The van der Waals surface area contributed by atoms with E-state index in [1.807, 2.05) is 4.90 Å². The number of hydrogen-bond acceptors (Lipinski definition) is 4. The van der Waals surface area contributed by atoms with Crippen LogP contribution in [0, 0.1) is 5.92 Å². The smallest absolute Gasteiger partial charge is 0.0991 e. The fourth-order valence-electron chi connectivity index (χ4n) is 3.09. The van der Waals surface area contributed by atoms with Gasteiger partial charge in [0, 0.05) is 13.1 Å². The molecule has 2 aliphatic heterocycles. The highest BCUT2D eigenvalue weighted by atomic mass is 16.3. The highest BCUT2D eigenvalue weighted by Gasteiger charge is 2.47. The Labute approximate surface area is 90.5 Å². The van der Waals surface area contributed by atoms with Gasteiger partial charge in [-0.15, -0.1) is 0 Å². The summed E-state index contributed by atoms with van der Waals surface area (Å²) in [4.78, 5) is 2.05. The molecule has 5 atom stereocenters. The fraction of sp³-hybridized carbons (Fsp3) is 1.00. The summed E-state index contributed by atoms with van der Waals surface area (Å²) < 4.78 is 0. The Bertz CT molecular complexity index is 224. The molecule has 0 saturated carbocycles. The Morgan fingerprint density at radius 3 is 2.53 bits per heavy atom. The van der Waals surface area contributed by atoms with Crippen molar-refractivity contribution in [3.63, 3.8) is 0 Å². The summed E-state index contributed by atoms with van der Waals surface area (Å²) in [6, 6.07) is -0.242. The Hall–Kier alpha value is -0.160. The lowest BCUT2D eigenvalue weighted by molar-refractivity contribution is -0.0439. The van der Waals surface area contributed by atoms with Crippen molar-refractivity contribution in [3.8, 4) is 0 Å². The van der Waals surface area contributed by atoms with E-state index in [1.54, 1.807) is 0 Å². The van der Waals surface area contributed by atoms with Crippen LogP contribution in [0.4, 0.5) is 0 Å². The van der Waals surface area contributed by atoms with Crippen LogP contribution in [-0.2, 0) is 0 Å². The summed E-state index contributed by atoms with van der Waals surface area (Å²) in [5.41, 5.74) is 0. The first-order chi connectivity index (χ1) is 7.13. The summed E-state index contributed by atoms with van der Waals surface area (Å²) in [6.45, 7) is 3.55. The molecule has 0 bridgehead atoms. The highest BCUT2D eigenvalue weighted by molar-refractivity contribution is 5.01. The maximum Gasteiger partial charge on any atom is 0.0991 e. The topological polar surface area (TPSA) is 63.9 Å². The molecule has 2 heterocycles. The zero-order valence-electron chi connectivity index (χ0n) is 9.21. The molecule has 88 valence electrons. The van der Waals surface area contributed by atoms with Crippen molar-refractivity contribution < 1.29 is 15.3 Å². The maximum atomic E-state index is 9.95. The van der Waals surface area contributed by atoms with Crippen LogP contribution in [0.5, 0.6) is 0 Å². The zero-order valence-corrected chi connectivity index (χ0v) is 9.21. The van der Waals surface area contributed by atoms with Gasteiger partial charge < -0.3 is 15.3 Å². The van der Waals surface area contributed by atoms with Crippen molar-refractivity contribution in [1.82, 2.24) is 4.90 Å². The van der Waals surface area contributed by atoms with E-state index in [1.165, 1.54) is 0 Å². The van der Waals surface area contributed by atoms with Crippen LogP contribution in [0.2, 0.25) is 0 Å². The van der Waals surface area contributed by atoms with Crippen molar-refractivity contribution in [2.75, 3.05) is 13.1 Å². The molecule has 4 heteroatoms. The lowest BCUT2D eigenvalue weighted by Gasteiger charge is -2.39. The third kappa shape index (κ3) is 2.04. The SMILES string of the molecule is CCCC1CC(O)C2C(O)C(O)CN2C1. The van der Waals surface area contributed by atoms with Gasteiger partial charge in [-0.2, -0.15) is 0 Å². The number of aliphatic hydroxyl groups is 3. The maximum absolute atomic E-state index is 9.95. The average molecular weight is 215 g/mol. The number of rotatable bonds is 2. The first kappa shape index (κ1) is 11.3. The van der Waals surface area contributed by atoms with Gasteiger partial charge in [-0.05, 0) is 18.8 Å². The predicted octanol–water partition coefficient (Wildman–Crippen LogP) is -0.427. The third-order valence-corrected chi connectivity index (χ3v) is 3.75. The van der Waals surface area contributed by atoms with Gasteiger partial charge in [-0.1, -0.05) is 13.3 Å². The average Bonchev–Trinajstić information content (AvgIpc) is 2.43. The second-order valence-electron chi connectivity index (χ2n) is 4.96. The molecule has 5 unspecified atom stereocenters. The van der Waals surface area contributed by atoms with Crippen molar-refractivity contribution in [3.05, 3.63) is 0 Å². The molecule has 2 saturated heterocycles. The fourth-order valence-corrected chi connectivity index (χ4v) is 3.09. The van der Waals surface area contributed by atoms with E-state index in [0.29, 0.717) is 12.5 Å². The van der Waals surface area contributed by atoms with E-state index in [4.69, 9.17) is 0 Å². The van der Waals surface area contributed by atoms with Crippen LogP contribution < -0.4 is 0 Å². The molecule has 0 spiro atoms. The standard InChI is InChI=1S/C11H21NO3/c1-2-3-7-4-8(13)10-11(15)9(14)6-12(10)5-7/h7-11,13-15H,2-6H2,1H3. The first-order valence-electron chi connectivity index (χ1n) is 5.91. The molecule has 0 aromatic heterocycles. The lowest BCUT2D eigenvalue weighted by Crippen LogP contribution is -2.51. The molecule has 0 amide bonds. The van der Waals surface area contributed by atoms with Crippen LogP contribution in [0.3, 0.4) is 0 Å². The van der Waals surface area contributed by atoms with Gasteiger partial charge in [-0.25, -0.2) is 0 Å². The number of fused-ring (bicyclic) bond motifs is 1. The second-order valence-corrected chi connectivity index (χ2v) is 4.96. The van der Waals surface area contributed by atoms with Crippen LogP contribution in [-0.4, -0.2) is 57.7 Å². The van der Waals surface area contributed by atoms with Crippen molar-refractivity contribution in [2.24, 2.45) is 5.92 Å². The Balaban J connectivity index is 2.02. The molecule has 2 rings (SSSR count). The van der Waals surface area contributed by atoms with E-state index < -0.39 is 18.3 Å². The molecular formula is C11H21NO3. The summed E-state index contributed by atoms with van der Waals surface area (Å²) in [6.07, 6.45) is 1.06. The van der Waals surface area contributed by atoms with Crippen molar-refractivity contribution in [1.29, 1.82) is 0 Å². The minimum absolute atomic E-state index is 0.242. The molecular weight excluding hydrogens is 194 g/mol. The molecule has 3 N–H and O–H groups in total. The molecule has 4 nitrogen and oxygen atoms in total. The van der Waals surface area contributed by atoms with Crippen LogP contribution in [0.15, 0.2) is 0 Å². The second kappa shape index (κ2) is 4.37. The van der Waals surface area contributed by atoms with E-state index in [-0.39, 0.29) is 6.04 Å². The number of piperidine rings is 1. The van der Waals surface area contributed by atoms with Gasteiger partial charge in [0.2, 0.25) is 0 Å². The van der Waals surface area contributed by atoms with Gasteiger partial charge in [0.25, 0.3) is 0 Å². The van der Waals surface area contributed by atoms with Crippen LogP contribution in [0.25, 0.3) is 0 Å². The molecule has 0 aliphatic carbocycles. The van der Waals surface area contributed by atoms with Gasteiger partial charge in [-0.3, -0.25) is 4.90 Å². The van der Waals surface area contributed by atoms with Crippen LogP contribution in [0.1, 0.15) is 26.2 Å². The van der Waals surface area contributed by atoms with Gasteiger partial charge >= 0.3 is 0 Å². The summed E-state index contributed by atoms with van der Waals surface area (Å²) in [5.74, 6) is 0.513. The highest BCUT2D eigenvalue weighted by Crippen LogP contribution is 2.32. The van der Waals surface area contributed by atoms with Crippen molar-refractivity contribution in [2.45, 2.75) is 50.5 Å². The first-order valence-corrected chi connectivity index (χ1v) is 5.91. The van der Waals surface area contributed by atoms with Crippen molar-refractivity contribution >= 4 is 0 Å². The summed E-state index contributed by atoms with van der Waals surface area (Å²) in [5, 5.41) is 29.2.